The van der Waals surface area contributed by atoms with Gasteiger partial charge >= 0.3 is 6.03 Å². The minimum Gasteiger partial charge on any atom is -0.366 e. The number of nitrogens with one attached hydrogen (secondary N) is 2. The van der Waals surface area contributed by atoms with Gasteiger partial charge in [-0.1, -0.05) is 13.3 Å². The van der Waals surface area contributed by atoms with Crippen LogP contribution in [0.3, 0.4) is 0 Å². The predicted molar refractivity (Wildman–Crippen MR) is 91.4 cm³/mol. The van der Waals surface area contributed by atoms with Crippen molar-refractivity contribution in [3.63, 3.8) is 0 Å². The van der Waals surface area contributed by atoms with Crippen LogP contribution >= 0.6 is 0 Å². The number of hydrogen-bond donors (Lipinski definition) is 3. The van der Waals surface area contributed by atoms with Gasteiger partial charge in [-0.25, -0.2) is 13.6 Å². The second kappa shape index (κ2) is 8.75. The number of nitrogens with zero attached hydrogens (tertiary/aromatic N) is 1. The Bertz CT molecular complexity index is 633. The molecule has 1 fully saturated rings. The highest BCUT2D eigenvalue weighted by Crippen LogP contribution is 2.21. The van der Waals surface area contributed by atoms with E-state index in [0.29, 0.717) is 12.6 Å². The molecule has 0 spiro atoms. The van der Waals surface area contributed by atoms with Crippen LogP contribution in [-0.2, 0) is 0 Å². The molecule has 1 aromatic carbocycles. The maximum absolute atomic E-state index is 14.0. The first-order valence-corrected chi connectivity index (χ1v) is 8.51. The van der Waals surface area contributed by atoms with Gasteiger partial charge in [0, 0.05) is 18.7 Å². The average molecular weight is 354 g/mol. The van der Waals surface area contributed by atoms with Crippen molar-refractivity contribution in [2.45, 2.75) is 38.6 Å². The number of anilines is 1. The van der Waals surface area contributed by atoms with E-state index in [4.69, 9.17) is 5.73 Å². The van der Waals surface area contributed by atoms with Gasteiger partial charge < -0.3 is 21.3 Å². The molecule has 1 aliphatic rings. The highest BCUT2D eigenvalue weighted by atomic mass is 19.1. The summed E-state index contributed by atoms with van der Waals surface area (Å²) < 4.78 is 27.5. The Kier molecular flexibility index (Phi) is 6.69. The number of piperidine rings is 1. The van der Waals surface area contributed by atoms with Gasteiger partial charge in [0.25, 0.3) is 5.91 Å². The molecule has 1 aliphatic heterocycles. The van der Waals surface area contributed by atoms with Gasteiger partial charge in [-0.05, 0) is 38.4 Å². The van der Waals surface area contributed by atoms with Crippen molar-refractivity contribution in [2.24, 2.45) is 5.73 Å². The minimum absolute atomic E-state index is 0.0620. The number of nitrogens with two attached hydrogens (primary N) is 1. The number of benzene rings is 1. The summed E-state index contributed by atoms with van der Waals surface area (Å²) in [5.74, 6) is -3.02. The van der Waals surface area contributed by atoms with Crippen molar-refractivity contribution >= 4 is 17.6 Å². The number of amides is 3. The molecule has 0 unspecified atom stereocenters. The van der Waals surface area contributed by atoms with Gasteiger partial charge in [-0.3, -0.25) is 4.79 Å². The van der Waals surface area contributed by atoms with Crippen molar-refractivity contribution in [1.82, 2.24) is 10.2 Å². The molecule has 3 amide bonds. The Hall–Kier alpha value is -2.22. The standard InChI is InChI=1S/C17H24F2N4O2/c1-2-3-8-23(11-4-6-21-7-5-11)17(25)22-15-9-12(16(20)24)13(18)10-14(15)19/h9-11,21H,2-8H2,1H3,(H2,20,24)(H,22,25). The highest BCUT2D eigenvalue weighted by molar-refractivity contribution is 5.96. The molecule has 8 heteroatoms. The normalized spacial score (nSPS) is 15.0. The van der Waals surface area contributed by atoms with Crippen LogP contribution < -0.4 is 16.4 Å². The fraction of sp³-hybridized carbons (Fsp3) is 0.529. The van der Waals surface area contributed by atoms with E-state index >= 15 is 0 Å². The zero-order valence-corrected chi connectivity index (χ0v) is 14.3. The number of halogens is 2. The second-order valence-electron chi connectivity index (χ2n) is 6.13. The Morgan fingerprint density at radius 3 is 2.56 bits per heavy atom. The van der Waals surface area contributed by atoms with E-state index in [9.17, 15) is 18.4 Å². The first-order chi connectivity index (χ1) is 11.9. The van der Waals surface area contributed by atoms with Crippen molar-refractivity contribution in [2.75, 3.05) is 25.0 Å². The molecule has 0 radical (unpaired) electrons. The summed E-state index contributed by atoms with van der Waals surface area (Å²) in [5, 5.41) is 5.69. The monoisotopic (exact) mass is 354 g/mol. The molecule has 0 aromatic heterocycles. The summed E-state index contributed by atoms with van der Waals surface area (Å²) in [4.78, 5) is 25.6. The molecule has 0 bridgehead atoms. The van der Waals surface area contributed by atoms with E-state index in [-0.39, 0.29) is 11.7 Å². The Balaban J connectivity index is 2.19. The van der Waals surface area contributed by atoms with Crippen LogP contribution in [0.2, 0.25) is 0 Å². The molecule has 0 atom stereocenters. The Morgan fingerprint density at radius 2 is 1.96 bits per heavy atom. The maximum atomic E-state index is 14.0. The van der Waals surface area contributed by atoms with Crippen LogP contribution in [0.15, 0.2) is 12.1 Å². The molecule has 0 saturated carbocycles. The van der Waals surface area contributed by atoms with Gasteiger partial charge in [-0.2, -0.15) is 0 Å². The molecular weight excluding hydrogens is 330 g/mol. The predicted octanol–water partition coefficient (Wildman–Crippen LogP) is 2.45. The smallest absolute Gasteiger partial charge is 0.322 e. The van der Waals surface area contributed by atoms with Crippen molar-refractivity contribution in [3.05, 3.63) is 29.3 Å². The number of carbonyl (C=O) groups is 2. The minimum atomic E-state index is -1.05. The lowest BCUT2D eigenvalue weighted by Gasteiger charge is -2.34. The van der Waals surface area contributed by atoms with Gasteiger partial charge in [0.05, 0.1) is 11.3 Å². The third kappa shape index (κ3) is 4.88. The lowest BCUT2D eigenvalue weighted by molar-refractivity contribution is 0.0996. The number of hydrogen-bond acceptors (Lipinski definition) is 3. The molecule has 25 heavy (non-hydrogen) atoms. The summed E-state index contributed by atoms with van der Waals surface area (Å²) in [6.07, 6.45) is 3.38. The third-order valence-corrected chi connectivity index (χ3v) is 4.33. The Morgan fingerprint density at radius 1 is 1.28 bits per heavy atom. The van der Waals surface area contributed by atoms with Crippen LogP contribution in [0.25, 0.3) is 0 Å². The number of urea groups is 1. The SMILES string of the molecule is CCCCN(C(=O)Nc1cc(C(N)=O)c(F)cc1F)C1CCNCC1. The molecule has 138 valence electrons. The molecule has 1 heterocycles. The highest BCUT2D eigenvalue weighted by Gasteiger charge is 2.26. The number of unbranched alkanes of at least 4 members (excludes halogenated alkanes) is 1. The fourth-order valence-corrected chi connectivity index (χ4v) is 2.92. The molecule has 0 aliphatic carbocycles. The number of primary amides is 1. The van der Waals surface area contributed by atoms with Gasteiger partial charge in [0.2, 0.25) is 0 Å². The van der Waals surface area contributed by atoms with E-state index < -0.39 is 29.1 Å². The second-order valence-corrected chi connectivity index (χ2v) is 6.13. The largest absolute Gasteiger partial charge is 0.366 e. The van der Waals surface area contributed by atoms with Gasteiger partial charge in [-0.15, -0.1) is 0 Å². The van der Waals surface area contributed by atoms with Crippen LogP contribution in [-0.4, -0.2) is 42.5 Å². The average Bonchev–Trinajstić information content (AvgIpc) is 2.58. The van der Waals surface area contributed by atoms with Gasteiger partial charge in [0.1, 0.15) is 11.6 Å². The van der Waals surface area contributed by atoms with E-state index in [1.807, 2.05) is 6.92 Å². The van der Waals surface area contributed by atoms with E-state index in [0.717, 1.165) is 44.8 Å². The van der Waals surface area contributed by atoms with Crippen LogP contribution in [0.4, 0.5) is 19.3 Å². The summed E-state index contributed by atoms with van der Waals surface area (Å²) in [6.45, 7) is 4.21. The topological polar surface area (TPSA) is 87.5 Å². The first-order valence-electron chi connectivity index (χ1n) is 8.51. The van der Waals surface area contributed by atoms with Crippen molar-refractivity contribution < 1.29 is 18.4 Å². The molecule has 2 rings (SSSR count). The molecule has 1 saturated heterocycles. The van der Waals surface area contributed by atoms with Crippen LogP contribution in [0, 0.1) is 11.6 Å². The van der Waals surface area contributed by atoms with Crippen molar-refractivity contribution in [1.29, 1.82) is 0 Å². The maximum Gasteiger partial charge on any atom is 0.322 e. The van der Waals surface area contributed by atoms with E-state index in [1.54, 1.807) is 4.90 Å². The van der Waals surface area contributed by atoms with Crippen LogP contribution in [0.5, 0.6) is 0 Å². The third-order valence-electron chi connectivity index (χ3n) is 4.33. The molecule has 4 N–H and O–H groups in total. The number of rotatable bonds is 6. The summed E-state index contributed by atoms with van der Waals surface area (Å²) in [5.41, 5.74) is 4.36. The molecule has 1 aromatic rings. The summed E-state index contributed by atoms with van der Waals surface area (Å²) >= 11 is 0. The lowest BCUT2D eigenvalue weighted by atomic mass is 10.0. The van der Waals surface area contributed by atoms with Gasteiger partial charge in [0.15, 0.2) is 0 Å². The van der Waals surface area contributed by atoms with E-state index in [2.05, 4.69) is 10.6 Å². The fourth-order valence-electron chi connectivity index (χ4n) is 2.92. The Labute approximate surface area is 145 Å². The lowest BCUT2D eigenvalue weighted by Crippen LogP contribution is -2.48. The molecular formula is C17H24F2N4O2. The van der Waals surface area contributed by atoms with Crippen LogP contribution in [0.1, 0.15) is 43.0 Å². The zero-order chi connectivity index (χ0) is 18.4. The summed E-state index contributed by atoms with van der Waals surface area (Å²) in [6, 6.07) is 1.09. The number of carbonyl (C=O) groups excluding carboxylic acids is 2. The van der Waals surface area contributed by atoms with E-state index in [1.165, 1.54) is 0 Å². The molecule has 6 nitrogen and oxygen atoms in total. The summed E-state index contributed by atoms with van der Waals surface area (Å²) in [7, 11) is 0. The quantitative estimate of drug-likeness (QED) is 0.733. The van der Waals surface area contributed by atoms with Crippen molar-refractivity contribution in [3.8, 4) is 0 Å². The first kappa shape index (κ1) is 19.1. The zero-order valence-electron chi connectivity index (χ0n) is 14.3.